The zero-order valence-electron chi connectivity index (χ0n) is 11.9. The Morgan fingerprint density at radius 3 is 2.47 bits per heavy atom. The average Bonchev–Trinajstić information content (AvgIpc) is 2.37. The fourth-order valence-corrected chi connectivity index (χ4v) is 3.08. The molecule has 0 amide bonds. The number of hydrogen-bond donors (Lipinski definition) is 1. The maximum Gasteiger partial charge on any atom is 0.214 e. The Morgan fingerprint density at radius 2 is 1.95 bits per heavy atom. The minimum atomic E-state index is -3.32. The van der Waals surface area contributed by atoms with E-state index in [1.54, 1.807) is 19.3 Å². The van der Waals surface area contributed by atoms with Gasteiger partial charge in [0.05, 0.1) is 11.9 Å². The van der Waals surface area contributed by atoms with Gasteiger partial charge in [-0.3, -0.25) is 4.98 Å². The minimum Gasteiger partial charge on any atom is -0.381 e. The Hall–Kier alpha value is -0.980. The number of sulfonamides is 1. The molecule has 19 heavy (non-hydrogen) atoms. The lowest BCUT2D eigenvalue weighted by Gasteiger charge is -2.25. The SMILES string of the molecule is CO[C@@H](C)CS(=O)(=O)NCC(C)(C)c1ccncc1. The summed E-state index contributed by atoms with van der Waals surface area (Å²) in [4.78, 5) is 3.96. The second-order valence-corrected chi connectivity index (χ2v) is 7.12. The van der Waals surface area contributed by atoms with Crippen LogP contribution in [0, 0.1) is 0 Å². The van der Waals surface area contributed by atoms with Crippen LogP contribution in [0.15, 0.2) is 24.5 Å². The Bertz CT molecular complexity index is 486. The van der Waals surface area contributed by atoms with Gasteiger partial charge in [0.1, 0.15) is 0 Å². The van der Waals surface area contributed by atoms with E-state index < -0.39 is 10.0 Å². The zero-order valence-corrected chi connectivity index (χ0v) is 12.7. The molecule has 0 aliphatic rings. The van der Waals surface area contributed by atoms with E-state index in [0.717, 1.165) is 5.56 Å². The molecule has 0 aliphatic heterocycles. The second-order valence-electron chi connectivity index (χ2n) is 5.27. The van der Waals surface area contributed by atoms with Crippen molar-refractivity contribution in [1.29, 1.82) is 0 Å². The molecule has 1 aromatic heterocycles. The van der Waals surface area contributed by atoms with Crippen LogP contribution >= 0.6 is 0 Å². The number of rotatable bonds is 7. The summed E-state index contributed by atoms with van der Waals surface area (Å²) in [6.07, 6.45) is 3.10. The molecular weight excluding hydrogens is 264 g/mol. The highest BCUT2D eigenvalue weighted by molar-refractivity contribution is 7.89. The molecule has 5 nitrogen and oxygen atoms in total. The summed E-state index contributed by atoms with van der Waals surface area (Å²) in [5.41, 5.74) is 0.761. The van der Waals surface area contributed by atoms with Crippen LogP contribution in [0.25, 0.3) is 0 Å². The highest BCUT2D eigenvalue weighted by Gasteiger charge is 2.24. The van der Waals surface area contributed by atoms with E-state index in [1.807, 2.05) is 26.0 Å². The first-order valence-corrected chi connectivity index (χ1v) is 7.83. The molecule has 0 saturated heterocycles. The third-order valence-electron chi connectivity index (χ3n) is 3.05. The monoisotopic (exact) mass is 286 g/mol. The quantitative estimate of drug-likeness (QED) is 0.820. The molecular formula is C13H22N2O3S. The largest absolute Gasteiger partial charge is 0.381 e. The van der Waals surface area contributed by atoms with Crippen molar-refractivity contribution in [2.24, 2.45) is 0 Å². The van der Waals surface area contributed by atoms with Crippen molar-refractivity contribution in [2.45, 2.75) is 32.3 Å². The van der Waals surface area contributed by atoms with E-state index in [9.17, 15) is 8.42 Å². The lowest BCUT2D eigenvalue weighted by Crippen LogP contribution is -2.39. The van der Waals surface area contributed by atoms with Crippen LogP contribution in [0.1, 0.15) is 26.3 Å². The number of aromatic nitrogens is 1. The molecule has 1 rings (SSSR count). The summed E-state index contributed by atoms with van der Waals surface area (Å²) >= 11 is 0. The molecule has 108 valence electrons. The van der Waals surface area contributed by atoms with Gasteiger partial charge in [-0.05, 0) is 24.6 Å². The van der Waals surface area contributed by atoms with Crippen LogP contribution in [0.3, 0.4) is 0 Å². The fraction of sp³-hybridized carbons (Fsp3) is 0.615. The molecule has 0 spiro atoms. The van der Waals surface area contributed by atoms with Crippen LogP contribution in [0.2, 0.25) is 0 Å². The second kappa shape index (κ2) is 6.45. The normalized spacial score (nSPS) is 14.3. The van der Waals surface area contributed by atoms with Gasteiger partial charge in [-0.15, -0.1) is 0 Å². The third-order valence-corrected chi connectivity index (χ3v) is 4.54. The van der Waals surface area contributed by atoms with Crippen molar-refractivity contribution in [2.75, 3.05) is 19.4 Å². The maximum atomic E-state index is 11.9. The number of pyridine rings is 1. The summed E-state index contributed by atoms with van der Waals surface area (Å²) in [6, 6.07) is 3.79. The van der Waals surface area contributed by atoms with Crippen LogP contribution in [0.4, 0.5) is 0 Å². The van der Waals surface area contributed by atoms with E-state index in [1.165, 1.54) is 7.11 Å². The molecule has 0 radical (unpaired) electrons. The average molecular weight is 286 g/mol. The molecule has 6 heteroatoms. The summed E-state index contributed by atoms with van der Waals surface area (Å²) in [5.74, 6) is -0.0318. The Morgan fingerprint density at radius 1 is 1.37 bits per heavy atom. The van der Waals surface area contributed by atoms with E-state index >= 15 is 0 Å². The molecule has 0 fully saturated rings. The molecule has 1 N–H and O–H groups in total. The van der Waals surface area contributed by atoms with Gasteiger partial charge in [0.15, 0.2) is 0 Å². The molecule has 0 aromatic carbocycles. The lowest BCUT2D eigenvalue weighted by molar-refractivity contribution is 0.136. The highest BCUT2D eigenvalue weighted by Crippen LogP contribution is 2.21. The first-order valence-electron chi connectivity index (χ1n) is 6.17. The van der Waals surface area contributed by atoms with Crippen LogP contribution in [0.5, 0.6) is 0 Å². The van der Waals surface area contributed by atoms with E-state index in [4.69, 9.17) is 4.74 Å². The zero-order chi connectivity index (χ0) is 14.5. The smallest absolute Gasteiger partial charge is 0.214 e. The van der Waals surface area contributed by atoms with Gasteiger partial charge in [0, 0.05) is 31.5 Å². The Kier molecular flexibility index (Phi) is 5.46. The van der Waals surface area contributed by atoms with E-state index in [0.29, 0.717) is 6.54 Å². The van der Waals surface area contributed by atoms with E-state index in [2.05, 4.69) is 9.71 Å². The van der Waals surface area contributed by atoms with Gasteiger partial charge in [0.2, 0.25) is 10.0 Å². The van der Waals surface area contributed by atoms with Crippen molar-refractivity contribution >= 4 is 10.0 Å². The van der Waals surface area contributed by atoms with Crippen molar-refractivity contribution in [3.8, 4) is 0 Å². The third kappa shape index (κ3) is 5.26. The first kappa shape index (κ1) is 16.1. The molecule has 0 saturated carbocycles. The van der Waals surface area contributed by atoms with Crippen molar-refractivity contribution in [3.05, 3.63) is 30.1 Å². The number of nitrogens with zero attached hydrogens (tertiary/aromatic N) is 1. The summed E-state index contributed by atoms with van der Waals surface area (Å²) < 4.78 is 31.4. The van der Waals surface area contributed by atoms with Gasteiger partial charge in [0.25, 0.3) is 0 Å². The van der Waals surface area contributed by atoms with Crippen LogP contribution in [-0.4, -0.2) is 38.9 Å². The summed E-state index contributed by atoms with van der Waals surface area (Å²) in [7, 11) is -1.82. The van der Waals surface area contributed by atoms with Crippen molar-refractivity contribution in [3.63, 3.8) is 0 Å². The van der Waals surface area contributed by atoms with Gasteiger partial charge in [-0.25, -0.2) is 13.1 Å². The predicted octanol–water partition coefficient (Wildman–Crippen LogP) is 1.31. The molecule has 0 bridgehead atoms. The topological polar surface area (TPSA) is 68.3 Å². The van der Waals surface area contributed by atoms with Crippen LogP contribution < -0.4 is 4.72 Å². The molecule has 1 atom stereocenters. The number of hydrogen-bond acceptors (Lipinski definition) is 4. The van der Waals surface area contributed by atoms with Gasteiger partial charge < -0.3 is 4.74 Å². The number of methoxy groups -OCH3 is 1. The number of ether oxygens (including phenoxy) is 1. The molecule has 0 unspecified atom stereocenters. The van der Waals surface area contributed by atoms with Gasteiger partial charge in [-0.2, -0.15) is 0 Å². The van der Waals surface area contributed by atoms with Gasteiger partial charge in [-0.1, -0.05) is 13.8 Å². The van der Waals surface area contributed by atoms with E-state index in [-0.39, 0.29) is 17.3 Å². The Balaban J connectivity index is 2.66. The predicted molar refractivity (Wildman–Crippen MR) is 75.5 cm³/mol. The standard InChI is InChI=1S/C13H22N2O3S/c1-11(18-4)9-19(16,17)15-10-13(2,3)12-5-7-14-8-6-12/h5-8,11,15H,9-10H2,1-4H3/t11-/m0/s1. The fourth-order valence-electron chi connectivity index (χ4n) is 1.63. The van der Waals surface area contributed by atoms with Crippen LogP contribution in [-0.2, 0) is 20.2 Å². The molecule has 0 aliphatic carbocycles. The Labute approximate surface area is 115 Å². The highest BCUT2D eigenvalue weighted by atomic mass is 32.2. The maximum absolute atomic E-state index is 11.9. The summed E-state index contributed by atoms with van der Waals surface area (Å²) in [6.45, 7) is 6.05. The first-order chi connectivity index (χ1) is 8.77. The molecule has 1 aromatic rings. The lowest BCUT2D eigenvalue weighted by atomic mass is 9.86. The molecule has 1 heterocycles. The minimum absolute atomic E-state index is 0.0318. The van der Waals surface area contributed by atoms with Crippen molar-refractivity contribution in [1.82, 2.24) is 9.71 Å². The van der Waals surface area contributed by atoms with Crippen molar-refractivity contribution < 1.29 is 13.2 Å². The number of nitrogens with one attached hydrogen (secondary N) is 1. The summed E-state index contributed by atoms with van der Waals surface area (Å²) in [5, 5.41) is 0. The van der Waals surface area contributed by atoms with Gasteiger partial charge >= 0.3 is 0 Å².